The van der Waals surface area contributed by atoms with Crippen LogP contribution in [0.25, 0.3) is 0 Å². The van der Waals surface area contributed by atoms with Gasteiger partial charge in [0.1, 0.15) is 18.2 Å². The second kappa shape index (κ2) is 7.99. The van der Waals surface area contributed by atoms with Crippen LogP contribution in [0.5, 0.6) is 5.75 Å². The van der Waals surface area contributed by atoms with Crippen LogP contribution >= 0.6 is 0 Å². The molecule has 3 rings (SSSR count). The normalized spacial score (nSPS) is 14.9. The number of halogens is 1. The average molecular weight is 357 g/mol. The Bertz CT molecular complexity index is 783. The topological polar surface area (TPSA) is 66.8 Å². The van der Waals surface area contributed by atoms with Gasteiger partial charge in [0, 0.05) is 13.1 Å². The van der Waals surface area contributed by atoms with E-state index < -0.39 is 5.97 Å². The first kappa shape index (κ1) is 17.9. The van der Waals surface area contributed by atoms with Gasteiger partial charge in [-0.15, -0.1) is 0 Å². The molecule has 0 atom stereocenters. The summed E-state index contributed by atoms with van der Waals surface area (Å²) in [4.78, 5) is 25.5. The van der Waals surface area contributed by atoms with Crippen molar-refractivity contribution in [1.82, 2.24) is 4.90 Å². The second-order valence-electron chi connectivity index (χ2n) is 6.32. The Hall–Kier alpha value is -2.89. The van der Waals surface area contributed by atoms with E-state index in [1.807, 2.05) is 0 Å². The summed E-state index contributed by atoms with van der Waals surface area (Å²) in [6.45, 7) is 1.07. The fourth-order valence-corrected chi connectivity index (χ4v) is 3.01. The van der Waals surface area contributed by atoms with Crippen LogP contribution < -0.4 is 4.74 Å². The van der Waals surface area contributed by atoms with Crippen LogP contribution in [0.4, 0.5) is 4.39 Å². The molecule has 1 fully saturated rings. The maximum Gasteiger partial charge on any atom is 0.306 e. The molecule has 0 aromatic heterocycles. The van der Waals surface area contributed by atoms with Gasteiger partial charge in [0.2, 0.25) is 0 Å². The summed E-state index contributed by atoms with van der Waals surface area (Å²) in [7, 11) is 0. The van der Waals surface area contributed by atoms with Crippen molar-refractivity contribution in [2.24, 2.45) is 5.92 Å². The first-order chi connectivity index (χ1) is 12.5. The zero-order valence-electron chi connectivity index (χ0n) is 14.2. The highest BCUT2D eigenvalue weighted by Crippen LogP contribution is 2.24. The number of nitrogens with zero attached hydrogens (tertiary/aromatic N) is 1. The molecule has 1 saturated heterocycles. The van der Waals surface area contributed by atoms with Crippen molar-refractivity contribution in [2.45, 2.75) is 19.4 Å². The third-order valence-electron chi connectivity index (χ3n) is 4.56. The minimum atomic E-state index is -0.805. The summed E-state index contributed by atoms with van der Waals surface area (Å²) in [6, 6.07) is 13.0. The van der Waals surface area contributed by atoms with Crippen LogP contribution in [-0.4, -0.2) is 35.0 Å². The zero-order valence-corrected chi connectivity index (χ0v) is 14.2. The second-order valence-corrected chi connectivity index (χ2v) is 6.32. The standard InChI is InChI=1S/C20H20FNO4/c21-16-7-5-14(6-8-16)13-26-18-4-2-1-3-17(18)19(23)22-11-9-15(10-12-22)20(24)25/h1-8,15H,9-13H2,(H,24,25). The summed E-state index contributed by atoms with van der Waals surface area (Å²) in [5, 5.41) is 9.07. The van der Waals surface area contributed by atoms with Crippen molar-refractivity contribution in [1.29, 1.82) is 0 Å². The molecular weight excluding hydrogens is 337 g/mol. The van der Waals surface area contributed by atoms with Gasteiger partial charge in [-0.1, -0.05) is 24.3 Å². The SMILES string of the molecule is O=C(O)C1CCN(C(=O)c2ccccc2OCc2ccc(F)cc2)CC1. The molecule has 0 bridgehead atoms. The lowest BCUT2D eigenvalue weighted by Crippen LogP contribution is -2.40. The molecule has 0 aliphatic carbocycles. The third-order valence-corrected chi connectivity index (χ3v) is 4.56. The number of rotatable bonds is 5. The number of carbonyl (C=O) groups is 2. The maximum atomic E-state index is 13.0. The first-order valence-corrected chi connectivity index (χ1v) is 8.53. The number of piperidine rings is 1. The van der Waals surface area contributed by atoms with Crippen LogP contribution in [-0.2, 0) is 11.4 Å². The minimum Gasteiger partial charge on any atom is -0.488 e. The number of aliphatic carboxylic acids is 1. The van der Waals surface area contributed by atoms with E-state index in [9.17, 15) is 14.0 Å². The molecule has 26 heavy (non-hydrogen) atoms. The highest BCUT2D eigenvalue weighted by molar-refractivity contribution is 5.97. The Labute approximate surface area is 151 Å². The lowest BCUT2D eigenvalue weighted by Gasteiger charge is -2.30. The van der Waals surface area contributed by atoms with E-state index in [2.05, 4.69) is 0 Å². The maximum absolute atomic E-state index is 13.0. The predicted molar refractivity (Wildman–Crippen MR) is 93.4 cm³/mol. The fourth-order valence-electron chi connectivity index (χ4n) is 3.01. The molecule has 136 valence electrons. The molecule has 1 amide bonds. The van der Waals surface area contributed by atoms with Crippen LogP contribution in [0.3, 0.4) is 0 Å². The third kappa shape index (κ3) is 4.20. The lowest BCUT2D eigenvalue weighted by molar-refractivity contribution is -0.143. The highest BCUT2D eigenvalue weighted by atomic mass is 19.1. The smallest absolute Gasteiger partial charge is 0.306 e. The first-order valence-electron chi connectivity index (χ1n) is 8.53. The Kier molecular flexibility index (Phi) is 5.51. The monoisotopic (exact) mass is 357 g/mol. The molecule has 1 aliphatic heterocycles. The lowest BCUT2D eigenvalue weighted by atomic mass is 9.96. The van der Waals surface area contributed by atoms with E-state index in [0.29, 0.717) is 37.2 Å². The number of carboxylic acid groups (broad SMARTS) is 1. The fraction of sp³-hybridized carbons (Fsp3) is 0.300. The van der Waals surface area contributed by atoms with Crippen LogP contribution in [0.15, 0.2) is 48.5 Å². The minimum absolute atomic E-state index is 0.163. The van der Waals surface area contributed by atoms with Crippen LogP contribution in [0.2, 0.25) is 0 Å². The zero-order chi connectivity index (χ0) is 18.5. The molecule has 2 aromatic carbocycles. The van der Waals surface area contributed by atoms with Crippen molar-refractivity contribution in [2.75, 3.05) is 13.1 Å². The molecule has 5 nitrogen and oxygen atoms in total. The summed E-state index contributed by atoms with van der Waals surface area (Å²) >= 11 is 0. The number of amides is 1. The summed E-state index contributed by atoms with van der Waals surface area (Å²) < 4.78 is 18.7. The van der Waals surface area contributed by atoms with Gasteiger partial charge < -0.3 is 14.7 Å². The molecule has 1 heterocycles. The van der Waals surface area contributed by atoms with Crippen molar-refractivity contribution in [3.63, 3.8) is 0 Å². The molecule has 6 heteroatoms. The number of para-hydroxylation sites is 1. The number of ether oxygens (including phenoxy) is 1. The molecule has 2 aromatic rings. The van der Waals surface area contributed by atoms with E-state index in [0.717, 1.165) is 5.56 Å². The number of carbonyl (C=O) groups excluding carboxylic acids is 1. The molecule has 0 radical (unpaired) electrons. The largest absolute Gasteiger partial charge is 0.488 e. The van der Waals surface area contributed by atoms with Crippen molar-refractivity contribution < 1.29 is 23.8 Å². The van der Waals surface area contributed by atoms with Gasteiger partial charge in [-0.3, -0.25) is 9.59 Å². The number of hydrogen-bond donors (Lipinski definition) is 1. The highest BCUT2D eigenvalue weighted by Gasteiger charge is 2.28. The Balaban J connectivity index is 1.67. The van der Waals surface area contributed by atoms with Gasteiger partial charge >= 0.3 is 5.97 Å². The van der Waals surface area contributed by atoms with E-state index >= 15 is 0 Å². The van der Waals surface area contributed by atoms with Crippen LogP contribution in [0, 0.1) is 11.7 Å². The van der Waals surface area contributed by atoms with Gasteiger partial charge in [0.05, 0.1) is 11.5 Å². The molecule has 1 aliphatic rings. The van der Waals surface area contributed by atoms with E-state index in [-0.39, 0.29) is 24.2 Å². The molecule has 1 N–H and O–H groups in total. The van der Waals surface area contributed by atoms with Gasteiger partial charge in [0.15, 0.2) is 0 Å². The molecule has 0 spiro atoms. The predicted octanol–water partition coefficient (Wildman–Crippen LogP) is 3.34. The Morgan fingerprint density at radius 3 is 2.38 bits per heavy atom. The van der Waals surface area contributed by atoms with Gasteiger partial charge in [-0.2, -0.15) is 0 Å². The van der Waals surface area contributed by atoms with Crippen molar-refractivity contribution >= 4 is 11.9 Å². The van der Waals surface area contributed by atoms with E-state index in [4.69, 9.17) is 9.84 Å². The summed E-state index contributed by atoms with van der Waals surface area (Å²) in [6.07, 6.45) is 0.916. The van der Waals surface area contributed by atoms with Crippen molar-refractivity contribution in [3.05, 3.63) is 65.5 Å². The number of carboxylic acids is 1. The molecule has 0 unspecified atom stereocenters. The van der Waals surface area contributed by atoms with Gasteiger partial charge in [-0.05, 0) is 42.7 Å². The summed E-state index contributed by atoms with van der Waals surface area (Å²) in [5.74, 6) is -1.20. The van der Waals surface area contributed by atoms with Crippen molar-refractivity contribution in [3.8, 4) is 5.75 Å². The molecule has 0 saturated carbocycles. The summed E-state index contributed by atoms with van der Waals surface area (Å²) in [5.41, 5.74) is 1.25. The van der Waals surface area contributed by atoms with Gasteiger partial charge in [-0.25, -0.2) is 4.39 Å². The quantitative estimate of drug-likeness (QED) is 0.891. The van der Waals surface area contributed by atoms with E-state index in [1.54, 1.807) is 41.3 Å². The van der Waals surface area contributed by atoms with E-state index in [1.165, 1.54) is 12.1 Å². The number of hydrogen-bond acceptors (Lipinski definition) is 3. The van der Waals surface area contributed by atoms with Gasteiger partial charge in [0.25, 0.3) is 5.91 Å². The Morgan fingerprint density at radius 1 is 1.08 bits per heavy atom. The average Bonchev–Trinajstić information content (AvgIpc) is 2.67. The van der Waals surface area contributed by atoms with Crippen LogP contribution in [0.1, 0.15) is 28.8 Å². The Morgan fingerprint density at radius 2 is 1.73 bits per heavy atom. The molecular formula is C20H20FNO4. The number of likely N-dealkylation sites (tertiary alicyclic amines) is 1. The number of benzene rings is 2.